The molecule has 0 amide bonds. The first-order valence-electron chi connectivity index (χ1n) is 7.36. The van der Waals surface area contributed by atoms with Gasteiger partial charge in [-0.15, -0.1) is 0 Å². The average Bonchev–Trinajstić information content (AvgIpc) is 2.53. The molecule has 1 unspecified atom stereocenters. The molecule has 0 saturated carbocycles. The molecule has 0 aromatic heterocycles. The van der Waals surface area contributed by atoms with Gasteiger partial charge in [-0.25, -0.2) is 0 Å². The van der Waals surface area contributed by atoms with Crippen molar-refractivity contribution in [1.29, 1.82) is 0 Å². The van der Waals surface area contributed by atoms with Crippen molar-refractivity contribution < 1.29 is 13.8 Å². The Morgan fingerprint density at radius 1 is 1.23 bits per heavy atom. The summed E-state index contributed by atoms with van der Waals surface area (Å²) in [6.07, 6.45) is 1.93. The number of aromatic hydroxyl groups is 1. The lowest BCUT2D eigenvalue weighted by molar-refractivity contribution is 0.228. The number of benzene rings is 2. The van der Waals surface area contributed by atoms with Crippen molar-refractivity contribution in [3.63, 3.8) is 0 Å². The van der Waals surface area contributed by atoms with E-state index in [2.05, 4.69) is 30.1 Å². The van der Waals surface area contributed by atoms with E-state index >= 15 is 0 Å². The van der Waals surface area contributed by atoms with Gasteiger partial charge in [0.05, 0.1) is 0 Å². The third kappa shape index (κ3) is 1.93. The van der Waals surface area contributed by atoms with Crippen LogP contribution in [0.4, 0.5) is 0 Å². The largest absolute Gasteiger partial charge is 0.504 e. The minimum absolute atomic E-state index is 0.0560. The van der Waals surface area contributed by atoms with Gasteiger partial charge in [0, 0.05) is 18.2 Å². The summed E-state index contributed by atoms with van der Waals surface area (Å²) in [5, 5.41) is 10.1. The van der Waals surface area contributed by atoms with Crippen LogP contribution in [0, 0.1) is 0 Å². The maximum atomic E-state index is 10.1. The number of rotatable bonds is 2. The molecule has 2 aromatic carbocycles. The molecule has 1 aliphatic carbocycles. The standard InChI is InChI=1S/C17H17NO3S/c1-18-8-7-10-3-2-4-12-15(10)13(18)9-11-5-6-14(19)17(16(11)12)21-22-20/h2-6,13,19-20H,7-9H2,1H3. The number of nitrogens with zero attached hydrogens (tertiary/aromatic N) is 1. The molecule has 1 atom stereocenters. The van der Waals surface area contributed by atoms with Gasteiger partial charge < -0.3 is 9.29 Å². The monoisotopic (exact) mass is 315 g/mol. The molecule has 2 aromatic rings. The van der Waals surface area contributed by atoms with Gasteiger partial charge >= 0.3 is 0 Å². The molecule has 0 saturated heterocycles. The zero-order chi connectivity index (χ0) is 15.3. The van der Waals surface area contributed by atoms with Crippen molar-refractivity contribution in [2.75, 3.05) is 13.6 Å². The quantitative estimate of drug-likeness (QED) is 0.829. The van der Waals surface area contributed by atoms with Crippen molar-refractivity contribution in [2.24, 2.45) is 0 Å². The lowest BCUT2D eigenvalue weighted by atomic mass is 9.77. The lowest BCUT2D eigenvalue weighted by Gasteiger charge is -2.40. The van der Waals surface area contributed by atoms with E-state index in [9.17, 15) is 5.11 Å². The van der Waals surface area contributed by atoms with Gasteiger partial charge in [-0.2, -0.15) is 0 Å². The molecular weight excluding hydrogens is 298 g/mol. The number of phenols is 1. The van der Waals surface area contributed by atoms with Crippen molar-refractivity contribution in [3.8, 4) is 22.6 Å². The second-order valence-electron chi connectivity index (χ2n) is 5.93. The second kappa shape index (κ2) is 5.19. The van der Waals surface area contributed by atoms with Crippen LogP contribution in [0.25, 0.3) is 11.1 Å². The molecule has 1 aliphatic heterocycles. The van der Waals surface area contributed by atoms with Crippen LogP contribution in [0.1, 0.15) is 22.7 Å². The molecule has 4 nitrogen and oxygen atoms in total. The van der Waals surface area contributed by atoms with Gasteiger partial charge in [-0.3, -0.25) is 9.45 Å². The fourth-order valence-corrected chi connectivity index (χ4v) is 4.02. The van der Waals surface area contributed by atoms with E-state index in [-0.39, 0.29) is 18.1 Å². The zero-order valence-corrected chi connectivity index (χ0v) is 13.1. The maximum absolute atomic E-state index is 10.1. The third-order valence-corrected chi connectivity index (χ3v) is 5.06. The van der Waals surface area contributed by atoms with Gasteiger partial charge in [0.1, 0.15) is 0 Å². The lowest BCUT2D eigenvalue weighted by Crippen LogP contribution is -2.35. The van der Waals surface area contributed by atoms with Crippen LogP contribution in [-0.4, -0.2) is 28.2 Å². The summed E-state index contributed by atoms with van der Waals surface area (Å²) in [6, 6.07) is 10.3. The molecule has 4 rings (SSSR count). The first-order chi connectivity index (χ1) is 10.7. The van der Waals surface area contributed by atoms with E-state index in [0.717, 1.165) is 36.1 Å². The Hall–Kier alpha value is -1.69. The third-order valence-electron chi connectivity index (χ3n) is 4.82. The zero-order valence-electron chi connectivity index (χ0n) is 12.2. The summed E-state index contributed by atoms with van der Waals surface area (Å²) in [4.78, 5) is 2.39. The Kier molecular flexibility index (Phi) is 3.29. The van der Waals surface area contributed by atoms with E-state index in [1.54, 1.807) is 6.07 Å². The number of hydrogen-bond donors (Lipinski definition) is 2. The van der Waals surface area contributed by atoms with Crippen LogP contribution in [-0.2, 0) is 12.8 Å². The Morgan fingerprint density at radius 3 is 2.91 bits per heavy atom. The minimum atomic E-state index is 0.0560. The van der Waals surface area contributed by atoms with Crippen LogP contribution in [0.3, 0.4) is 0 Å². The van der Waals surface area contributed by atoms with E-state index < -0.39 is 0 Å². The van der Waals surface area contributed by atoms with Crippen molar-refractivity contribution in [3.05, 3.63) is 47.0 Å². The highest BCUT2D eigenvalue weighted by Crippen LogP contribution is 2.50. The summed E-state index contributed by atoms with van der Waals surface area (Å²) >= 11 is 0.271. The summed E-state index contributed by atoms with van der Waals surface area (Å²) in [6.45, 7) is 1.06. The van der Waals surface area contributed by atoms with Crippen LogP contribution >= 0.6 is 12.3 Å². The summed E-state index contributed by atoms with van der Waals surface area (Å²) in [5.74, 6) is 0.408. The molecule has 2 aliphatic rings. The van der Waals surface area contributed by atoms with Crippen molar-refractivity contribution in [1.82, 2.24) is 4.90 Å². The van der Waals surface area contributed by atoms with E-state index in [1.807, 2.05) is 6.07 Å². The van der Waals surface area contributed by atoms with Crippen molar-refractivity contribution >= 4 is 12.3 Å². The fourth-order valence-electron chi connectivity index (χ4n) is 3.78. The first-order valence-corrected chi connectivity index (χ1v) is 8.06. The number of likely N-dealkylation sites (N-methyl/N-ethyl adjacent to an activating group) is 1. The maximum Gasteiger partial charge on any atom is 0.222 e. The Bertz CT molecular complexity index is 747. The Morgan fingerprint density at radius 2 is 2.09 bits per heavy atom. The normalized spacial score (nSPS) is 19.5. The highest BCUT2D eigenvalue weighted by molar-refractivity contribution is 7.89. The second-order valence-corrected chi connectivity index (χ2v) is 6.25. The van der Waals surface area contributed by atoms with Gasteiger partial charge in [-0.05, 0) is 48.2 Å². The highest BCUT2D eigenvalue weighted by Gasteiger charge is 2.34. The molecule has 0 radical (unpaired) electrons. The molecular formula is C17H17NO3S. The average molecular weight is 315 g/mol. The van der Waals surface area contributed by atoms with Crippen LogP contribution < -0.4 is 4.18 Å². The van der Waals surface area contributed by atoms with Crippen LogP contribution in [0.2, 0.25) is 0 Å². The topological polar surface area (TPSA) is 52.9 Å². The molecule has 114 valence electrons. The van der Waals surface area contributed by atoms with E-state index in [4.69, 9.17) is 8.74 Å². The predicted molar refractivity (Wildman–Crippen MR) is 87.2 cm³/mol. The SMILES string of the molecule is CN1CCc2cccc3c2C1Cc1ccc(O)c(OSO)c1-3. The first kappa shape index (κ1) is 13.9. The Labute approximate surface area is 133 Å². The van der Waals surface area contributed by atoms with Crippen molar-refractivity contribution in [2.45, 2.75) is 18.9 Å². The highest BCUT2D eigenvalue weighted by atomic mass is 32.2. The molecule has 2 N–H and O–H groups in total. The summed E-state index contributed by atoms with van der Waals surface area (Å²) in [5.41, 5.74) is 5.87. The molecule has 1 heterocycles. The van der Waals surface area contributed by atoms with Gasteiger partial charge in [0.25, 0.3) is 0 Å². The fraction of sp³-hybridized carbons (Fsp3) is 0.294. The summed E-state index contributed by atoms with van der Waals surface area (Å²) in [7, 11) is 2.16. The number of phenolic OH excluding ortho intramolecular Hbond substituents is 1. The summed E-state index contributed by atoms with van der Waals surface area (Å²) < 4.78 is 14.3. The molecule has 22 heavy (non-hydrogen) atoms. The molecule has 0 fully saturated rings. The molecule has 5 heteroatoms. The molecule has 0 spiro atoms. The van der Waals surface area contributed by atoms with E-state index in [0.29, 0.717) is 11.8 Å². The van der Waals surface area contributed by atoms with Crippen LogP contribution in [0.15, 0.2) is 30.3 Å². The Balaban J connectivity index is 2.00. The van der Waals surface area contributed by atoms with Gasteiger partial charge in [0.15, 0.2) is 11.5 Å². The van der Waals surface area contributed by atoms with Gasteiger partial charge in [-0.1, -0.05) is 24.3 Å². The number of hydrogen-bond acceptors (Lipinski definition) is 5. The minimum Gasteiger partial charge on any atom is -0.504 e. The van der Waals surface area contributed by atoms with Gasteiger partial charge in [0.2, 0.25) is 12.3 Å². The predicted octanol–water partition coefficient (Wildman–Crippen LogP) is 3.64. The van der Waals surface area contributed by atoms with Crippen LogP contribution in [0.5, 0.6) is 11.5 Å². The number of fused-ring (bicyclic) bond motifs is 2. The smallest absolute Gasteiger partial charge is 0.222 e. The van der Waals surface area contributed by atoms with E-state index in [1.165, 1.54) is 11.1 Å². The molecule has 0 bridgehead atoms.